The van der Waals surface area contributed by atoms with Crippen LogP contribution in [0.2, 0.25) is 0 Å². The third-order valence-electron chi connectivity index (χ3n) is 5.11. The molecule has 1 amide bonds. The van der Waals surface area contributed by atoms with Crippen molar-refractivity contribution in [3.63, 3.8) is 0 Å². The number of carbonyl (C=O) groups is 3. The molecule has 1 fully saturated rings. The highest BCUT2D eigenvalue weighted by molar-refractivity contribution is 7.12. The first-order valence-corrected chi connectivity index (χ1v) is 10.8. The number of thiophene rings is 1. The normalized spacial score (nSPS) is 18.8. The maximum absolute atomic E-state index is 12.3. The minimum absolute atomic E-state index is 0.0270. The van der Waals surface area contributed by atoms with Crippen LogP contribution >= 0.6 is 11.3 Å². The minimum atomic E-state index is -0.725. The second-order valence-electron chi connectivity index (χ2n) is 7.21. The van der Waals surface area contributed by atoms with E-state index >= 15 is 0 Å². The van der Waals surface area contributed by atoms with Gasteiger partial charge in [0, 0.05) is 18.5 Å². The Kier molecular flexibility index (Phi) is 7.41. The summed E-state index contributed by atoms with van der Waals surface area (Å²) in [5.41, 5.74) is 0.622. The van der Waals surface area contributed by atoms with Crippen molar-refractivity contribution >= 4 is 29.0 Å². The van der Waals surface area contributed by atoms with Gasteiger partial charge in [-0.15, -0.1) is 11.3 Å². The fourth-order valence-electron chi connectivity index (χ4n) is 3.43. The number of hydrogen-bond acceptors (Lipinski definition) is 5. The Hall–Kier alpha value is -2.67. The number of rotatable bonds is 9. The molecule has 2 N–H and O–H groups in total. The number of aliphatic carboxylic acids is 1. The van der Waals surface area contributed by atoms with Crippen LogP contribution in [0.1, 0.15) is 58.6 Å². The number of Topliss-reactive ketones (excluding diaryl/α,β-unsaturated/α-hetero) is 1. The molecule has 0 aliphatic heterocycles. The molecule has 2 aromatic rings. The number of carboxylic acid groups (broad SMARTS) is 1. The number of carbonyl (C=O) groups excluding carboxylic acids is 2. The quantitative estimate of drug-likeness (QED) is 0.474. The zero-order chi connectivity index (χ0) is 20.6. The van der Waals surface area contributed by atoms with Crippen molar-refractivity contribution in [2.45, 2.75) is 44.6 Å². The Balaban J connectivity index is 1.38. The summed E-state index contributed by atoms with van der Waals surface area (Å²) in [6.07, 6.45) is 3.72. The lowest BCUT2D eigenvalue weighted by Gasteiger charge is -2.26. The van der Waals surface area contributed by atoms with Gasteiger partial charge in [0.15, 0.2) is 5.78 Å². The predicted molar refractivity (Wildman–Crippen MR) is 111 cm³/mol. The molecule has 1 saturated carbocycles. The molecule has 0 saturated heterocycles. The molecule has 3 rings (SSSR count). The summed E-state index contributed by atoms with van der Waals surface area (Å²) in [6, 6.07) is 10.7. The van der Waals surface area contributed by atoms with Crippen LogP contribution in [-0.4, -0.2) is 35.4 Å². The summed E-state index contributed by atoms with van der Waals surface area (Å²) >= 11 is 1.39. The lowest BCUT2D eigenvalue weighted by molar-refractivity contribution is -0.143. The number of ether oxygens (including phenoxy) is 1. The molecule has 1 aromatic carbocycles. The van der Waals surface area contributed by atoms with E-state index in [2.05, 4.69) is 5.32 Å². The van der Waals surface area contributed by atoms with Gasteiger partial charge in [-0.05, 0) is 67.8 Å². The molecule has 1 aliphatic rings. The topological polar surface area (TPSA) is 92.7 Å². The van der Waals surface area contributed by atoms with Crippen molar-refractivity contribution < 1.29 is 24.2 Å². The lowest BCUT2D eigenvalue weighted by Crippen LogP contribution is -2.27. The molecular formula is C22H25NO5S. The molecule has 1 aliphatic carbocycles. The number of benzene rings is 1. The maximum Gasteiger partial charge on any atom is 0.306 e. The Labute approximate surface area is 173 Å². The van der Waals surface area contributed by atoms with Gasteiger partial charge < -0.3 is 15.2 Å². The molecule has 7 heteroatoms. The highest BCUT2D eigenvalue weighted by Crippen LogP contribution is 2.28. The van der Waals surface area contributed by atoms with Crippen molar-refractivity contribution in [3.8, 4) is 5.75 Å². The predicted octanol–water partition coefficient (Wildman–Crippen LogP) is 4.16. The van der Waals surface area contributed by atoms with Crippen LogP contribution < -0.4 is 10.1 Å². The second-order valence-corrected chi connectivity index (χ2v) is 8.16. The van der Waals surface area contributed by atoms with E-state index in [1.54, 1.807) is 30.3 Å². The van der Waals surface area contributed by atoms with Crippen molar-refractivity contribution in [2.24, 2.45) is 5.92 Å². The summed E-state index contributed by atoms with van der Waals surface area (Å²) in [5.74, 6) is -0.360. The lowest BCUT2D eigenvalue weighted by atomic mass is 9.87. The third kappa shape index (κ3) is 6.15. The van der Waals surface area contributed by atoms with Crippen LogP contribution in [0, 0.1) is 5.92 Å². The van der Waals surface area contributed by atoms with Gasteiger partial charge in [0.05, 0.1) is 16.9 Å². The fourth-order valence-corrected chi connectivity index (χ4v) is 4.07. The highest BCUT2D eigenvalue weighted by atomic mass is 32.1. The molecule has 0 atom stereocenters. The van der Waals surface area contributed by atoms with Gasteiger partial charge in [-0.25, -0.2) is 0 Å². The Morgan fingerprint density at radius 1 is 1.07 bits per heavy atom. The number of ketones is 1. The number of amides is 1. The van der Waals surface area contributed by atoms with Gasteiger partial charge in [-0.1, -0.05) is 6.07 Å². The standard InChI is InChI=1S/C22H25NO5S/c24-19(3-1-13-23-21(25)20-4-2-14-29-20)15-5-9-17(10-6-15)28-18-11-7-16(8-12-18)22(26)27/h2,4-6,9-10,14,16,18H,1,3,7-8,11-13H2,(H,23,25)(H,26,27). The first-order chi connectivity index (χ1) is 14.0. The zero-order valence-electron chi connectivity index (χ0n) is 16.1. The van der Waals surface area contributed by atoms with Gasteiger partial charge >= 0.3 is 5.97 Å². The molecule has 0 spiro atoms. The second kappa shape index (κ2) is 10.2. The van der Waals surface area contributed by atoms with Gasteiger partial charge in [0.25, 0.3) is 5.91 Å². The van der Waals surface area contributed by atoms with Crippen LogP contribution in [0.3, 0.4) is 0 Å². The molecule has 29 heavy (non-hydrogen) atoms. The van der Waals surface area contributed by atoms with Gasteiger partial charge in [-0.3, -0.25) is 14.4 Å². The largest absolute Gasteiger partial charge is 0.490 e. The van der Waals surface area contributed by atoms with E-state index in [0.29, 0.717) is 48.4 Å². The molecule has 1 aromatic heterocycles. The van der Waals surface area contributed by atoms with Crippen LogP contribution in [-0.2, 0) is 4.79 Å². The Bertz CT molecular complexity index is 823. The van der Waals surface area contributed by atoms with Crippen molar-refractivity contribution in [3.05, 3.63) is 52.2 Å². The average Bonchev–Trinajstić information content (AvgIpc) is 3.27. The van der Waals surface area contributed by atoms with E-state index in [0.717, 1.165) is 12.8 Å². The molecule has 154 valence electrons. The Morgan fingerprint density at radius 3 is 2.41 bits per heavy atom. The smallest absolute Gasteiger partial charge is 0.306 e. The zero-order valence-corrected chi connectivity index (χ0v) is 17.0. The van der Waals surface area contributed by atoms with Crippen LogP contribution in [0.15, 0.2) is 41.8 Å². The van der Waals surface area contributed by atoms with Crippen LogP contribution in [0.25, 0.3) is 0 Å². The summed E-state index contributed by atoms with van der Waals surface area (Å²) < 4.78 is 5.93. The summed E-state index contributed by atoms with van der Waals surface area (Å²) in [7, 11) is 0. The van der Waals surface area contributed by atoms with Crippen molar-refractivity contribution in [2.75, 3.05) is 6.54 Å². The van der Waals surface area contributed by atoms with E-state index < -0.39 is 5.97 Å². The minimum Gasteiger partial charge on any atom is -0.490 e. The van der Waals surface area contributed by atoms with E-state index in [1.807, 2.05) is 11.4 Å². The average molecular weight is 416 g/mol. The van der Waals surface area contributed by atoms with Crippen molar-refractivity contribution in [1.29, 1.82) is 0 Å². The van der Waals surface area contributed by atoms with E-state index in [-0.39, 0.29) is 23.7 Å². The van der Waals surface area contributed by atoms with Crippen molar-refractivity contribution in [1.82, 2.24) is 5.32 Å². The maximum atomic E-state index is 12.3. The van der Waals surface area contributed by atoms with Gasteiger partial charge in [0.1, 0.15) is 5.75 Å². The molecule has 0 unspecified atom stereocenters. The molecule has 1 heterocycles. The Morgan fingerprint density at radius 2 is 1.79 bits per heavy atom. The molecule has 0 bridgehead atoms. The van der Waals surface area contributed by atoms with Gasteiger partial charge in [0.2, 0.25) is 0 Å². The SMILES string of the molecule is O=C(CCCNC(=O)c1cccs1)c1ccc(OC2CCC(C(=O)O)CC2)cc1. The van der Waals surface area contributed by atoms with Crippen LogP contribution in [0.5, 0.6) is 5.75 Å². The first-order valence-electron chi connectivity index (χ1n) is 9.87. The summed E-state index contributed by atoms with van der Waals surface area (Å²) in [4.78, 5) is 35.8. The van der Waals surface area contributed by atoms with Crippen LogP contribution in [0.4, 0.5) is 0 Å². The summed E-state index contributed by atoms with van der Waals surface area (Å²) in [5, 5.41) is 13.7. The number of nitrogens with one attached hydrogen (secondary N) is 1. The first kappa shape index (κ1) is 21.0. The highest BCUT2D eigenvalue weighted by Gasteiger charge is 2.26. The summed E-state index contributed by atoms with van der Waals surface area (Å²) in [6.45, 7) is 0.461. The monoisotopic (exact) mass is 415 g/mol. The number of carboxylic acids is 1. The molecule has 0 radical (unpaired) electrons. The fraction of sp³-hybridized carbons (Fsp3) is 0.409. The molecular weight excluding hydrogens is 390 g/mol. The number of hydrogen-bond donors (Lipinski definition) is 2. The third-order valence-corrected chi connectivity index (χ3v) is 5.98. The van der Waals surface area contributed by atoms with Gasteiger partial charge in [-0.2, -0.15) is 0 Å². The van der Waals surface area contributed by atoms with E-state index in [1.165, 1.54) is 11.3 Å². The van der Waals surface area contributed by atoms with E-state index in [9.17, 15) is 14.4 Å². The van der Waals surface area contributed by atoms with E-state index in [4.69, 9.17) is 9.84 Å². The molecule has 6 nitrogen and oxygen atoms in total.